The highest BCUT2D eigenvalue weighted by atomic mass is 16.5. The zero-order valence-corrected chi connectivity index (χ0v) is 16.6. The maximum absolute atomic E-state index is 12.9. The number of Topliss-reactive ketones (excluding diaryl/α,β-unsaturated/α-hetero) is 1. The Bertz CT molecular complexity index is 726. The molecule has 1 saturated carbocycles. The molecule has 0 aliphatic heterocycles. The van der Waals surface area contributed by atoms with E-state index in [2.05, 4.69) is 10.4 Å². The van der Waals surface area contributed by atoms with Crippen LogP contribution in [-0.2, 0) is 18.2 Å². The molecule has 152 valence electrons. The van der Waals surface area contributed by atoms with Crippen molar-refractivity contribution < 1.29 is 14.6 Å². The number of ether oxygens (including phenoxy) is 1. The van der Waals surface area contributed by atoms with Crippen LogP contribution in [0.25, 0.3) is 0 Å². The van der Waals surface area contributed by atoms with Crippen molar-refractivity contribution in [2.45, 2.75) is 56.8 Å². The highest BCUT2D eigenvalue weighted by molar-refractivity contribution is 5.99. The summed E-state index contributed by atoms with van der Waals surface area (Å²) in [5.74, 6) is -0.0723. The molecule has 0 bridgehead atoms. The summed E-state index contributed by atoms with van der Waals surface area (Å²) in [6, 6.07) is 9.65. The zero-order chi connectivity index (χ0) is 19.8. The van der Waals surface area contributed by atoms with Crippen molar-refractivity contribution in [2.24, 2.45) is 7.05 Å². The standard InChI is InChI=1S/C22H31N3O3/c1-25-15-17(13-24-25)12-21(22(27)18-8-4-2-5-9-18)28-16-20(26)14-23-19-10-6-3-7-11-19/h2,4-5,8-9,13,15,19-21,23,26H,3,6-7,10-12,14,16H2,1H3. The van der Waals surface area contributed by atoms with E-state index in [1.165, 1.54) is 32.1 Å². The Labute approximate surface area is 166 Å². The number of aliphatic hydroxyl groups is 1. The monoisotopic (exact) mass is 385 g/mol. The van der Waals surface area contributed by atoms with E-state index in [1.807, 2.05) is 31.4 Å². The molecular formula is C22H31N3O3. The van der Waals surface area contributed by atoms with E-state index in [4.69, 9.17) is 4.74 Å². The molecule has 6 heteroatoms. The van der Waals surface area contributed by atoms with Crippen LogP contribution in [0.4, 0.5) is 0 Å². The van der Waals surface area contributed by atoms with Crippen molar-refractivity contribution in [1.29, 1.82) is 0 Å². The van der Waals surface area contributed by atoms with Crippen LogP contribution < -0.4 is 5.32 Å². The van der Waals surface area contributed by atoms with Crippen LogP contribution in [0.1, 0.15) is 48.0 Å². The minimum Gasteiger partial charge on any atom is -0.389 e. The van der Waals surface area contributed by atoms with E-state index in [-0.39, 0.29) is 12.4 Å². The molecule has 0 amide bonds. The van der Waals surface area contributed by atoms with E-state index >= 15 is 0 Å². The van der Waals surface area contributed by atoms with Gasteiger partial charge in [0.25, 0.3) is 0 Å². The number of nitrogens with one attached hydrogen (secondary N) is 1. The van der Waals surface area contributed by atoms with Gasteiger partial charge in [0.05, 0.1) is 18.9 Å². The topological polar surface area (TPSA) is 76.4 Å². The number of nitrogens with zero attached hydrogens (tertiary/aromatic N) is 2. The van der Waals surface area contributed by atoms with Crippen LogP contribution in [0.15, 0.2) is 42.7 Å². The first-order valence-corrected chi connectivity index (χ1v) is 10.2. The molecule has 1 aliphatic carbocycles. The molecule has 2 N–H and O–H groups in total. The molecule has 1 aromatic carbocycles. The summed E-state index contributed by atoms with van der Waals surface area (Å²) in [5, 5.41) is 17.9. The zero-order valence-electron chi connectivity index (χ0n) is 16.6. The number of aromatic nitrogens is 2. The predicted molar refractivity (Wildman–Crippen MR) is 108 cm³/mol. The van der Waals surface area contributed by atoms with Gasteiger partial charge in [-0.15, -0.1) is 0 Å². The second-order valence-corrected chi connectivity index (χ2v) is 7.68. The van der Waals surface area contributed by atoms with Gasteiger partial charge in [0.15, 0.2) is 5.78 Å². The summed E-state index contributed by atoms with van der Waals surface area (Å²) >= 11 is 0. The minimum absolute atomic E-state index is 0.0723. The van der Waals surface area contributed by atoms with Crippen LogP contribution in [-0.4, -0.2) is 52.1 Å². The highest BCUT2D eigenvalue weighted by Crippen LogP contribution is 2.17. The van der Waals surface area contributed by atoms with Crippen molar-refractivity contribution in [2.75, 3.05) is 13.2 Å². The molecule has 1 fully saturated rings. The quantitative estimate of drug-likeness (QED) is 0.615. The van der Waals surface area contributed by atoms with Crippen LogP contribution in [0.5, 0.6) is 0 Å². The van der Waals surface area contributed by atoms with Gasteiger partial charge in [-0.2, -0.15) is 5.10 Å². The molecule has 2 aromatic rings. The lowest BCUT2D eigenvalue weighted by Gasteiger charge is -2.25. The SMILES string of the molecule is Cn1cc(CC(OCC(O)CNC2CCCCC2)C(=O)c2ccccc2)cn1. The van der Waals surface area contributed by atoms with Crippen molar-refractivity contribution in [1.82, 2.24) is 15.1 Å². The maximum atomic E-state index is 12.9. The number of hydrogen-bond donors (Lipinski definition) is 2. The average molecular weight is 386 g/mol. The van der Waals surface area contributed by atoms with E-state index < -0.39 is 12.2 Å². The van der Waals surface area contributed by atoms with Crippen LogP contribution in [0.2, 0.25) is 0 Å². The van der Waals surface area contributed by atoms with Crippen molar-refractivity contribution in [3.63, 3.8) is 0 Å². The fraction of sp³-hybridized carbons (Fsp3) is 0.545. The normalized spacial score (nSPS) is 17.4. The summed E-state index contributed by atoms with van der Waals surface area (Å²) < 4.78 is 7.61. The lowest BCUT2D eigenvalue weighted by Crippen LogP contribution is -2.40. The first-order valence-electron chi connectivity index (χ1n) is 10.2. The second kappa shape index (κ2) is 10.5. The van der Waals surface area contributed by atoms with Crippen molar-refractivity contribution in [3.8, 4) is 0 Å². The van der Waals surface area contributed by atoms with Gasteiger partial charge < -0.3 is 15.2 Å². The molecular weight excluding hydrogens is 354 g/mol. The Morgan fingerprint density at radius 3 is 2.71 bits per heavy atom. The molecule has 0 radical (unpaired) electrons. The number of carbonyl (C=O) groups is 1. The number of ketones is 1. The van der Waals surface area contributed by atoms with E-state index in [9.17, 15) is 9.90 Å². The first-order chi connectivity index (χ1) is 13.6. The molecule has 2 atom stereocenters. The average Bonchev–Trinajstić information content (AvgIpc) is 3.15. The number of carbonyl (C=O) groups excluding carboxylic acids is 1. The van der Waals surface area contributed by atoms with Gasteiger partial charge in [-0.25, -0.2) is 0 Å². The molecule has 1 heterocycles. The van der Waals surface area contributed by atoms with Gasteiger partial charge in [0.1, 0.15) is 6.10 Å². The number of hydrogen-bond acceptors (Lipinski definition) is 5. The van der Waals surface area contributed by atoms with Gasteiger partial charge in [-0.05, 0) is 18.4 Å². The largest absolute Gasteiger partial charge is 0.389 e. The summed E-state index contributed by atoms with van der Waals surface area (Å²) in [5.41, 5.74) is 1.55. The number of rotatable bonds is 10. The van der Waals surface area contributed by atoms with Gasteiger partial charge in [-0.1, -0.05) is 49.6 Å². The summed E-state index contributed by atoms with van der Waals surface area (Å²) in [6.45, 7) is 0.618. The highest BCUT2D eigenvalue weighted by Gasteiger charge is 2.23. The number of benzene rings is 1. The van der Waals surface area contributed by atoms with Crippen molar-refractivity contribution >= 4 is 5.78 Å². The molecule has 0 spiro atoms. The molecule has 0 saturated heterocycles. The Morgan fingerprint density at radius 2 is 2.04 bits per heavy atom. The van der Waals surface area contributed by atoms with Gasteiger partial charge in [0.2, 0.25) is 0 Å². The first kappa shape index (κ1) is 20.7. The lowest BCUT2D eigenvalue weighted by molar-refractivity contribution is -0.00273. The Hall–Kier alpha value is -2.02. The number of aryl methyl sites for hydroxylation is 1. The predicted octanol–water partition coefficient (Wildman–Crippen LogP) is 2.51. The van der Waals surface area contributed by atoms with Gasteiger partial charge in [-0.3, -0.25) is 9.48 Å². The molecule has 28 heavy (non-hydrogen) atoms. The molecule has 2 unspecified atom stereocenters. The van der Waals surface area contributed by atoms with E-state index in [0.29, 0.717) is 24.6 Å². The fourth-order valence-electron chi connectivity index (χ4n) is 3.70. The van der Waals surface area contributed by atoms with Crippen LogP contribution >= 0.6 is 0 Å². The smallest absolute Gasteiger partial charge is 0.191 e. The third kappa shape index (κ3) is 6.26. The Kier molecular flexibility index (Phi) is 7.77. The number of aliphatic hydroxyl groups excluding tert-OH is 1. The molecule has 3 rings (SSSR count). The maximum Gasteiger partial charge on any atom is 0.191 e. The Morgan fingerprint density at radius 1 is 1.29 bits per heavy atom. The molecule has 1 aromatic heterocycles. The summed E-state index contributed by atoms with van der Waals surface area (Å²) in [7, 11) is 1.85. The van der Waals surface area contributed by atoms with Crippen LogP contribution in [0.3, 0.4) is 0 Å². The minimum atomic E-state index is -0.643. The fourth-order valence-corrected chi connectivity index (χ4v) is 3.70. The van der Waals surface area contributed by atoms with Gasteiger partial charge >= 0.3 is 0 Å². The molecule has 1 aliphatic rings. The van der Waals surface area contributed by atoms with Gasteiger partial charge in [0, 0.05) is 37.8 Å². The summed E-state index contributed by atoms with van der Waals surface area (Å²) in [6.07, 6.45) is 8.94. The summed E-state index contributed by atoms with van der Waals surface area (Å²) in [4.78, 5) is 12.9. The van der Waals surface area contributed by atoms with E-state index in [1.54, 1.807) is 23.0 Å². The third-order valence-corrected chi connectivity index (χ3v) is 5.27. The van der Waals surface area contributed by atoms with Crippen LogP contribution in [0, 0.1) is 0 Å². The Balaban J connectivity index is 1.55. The second-order valence-electron chi connectivity index (χ2n) is 7.68. The molecule has 6 nitrogen and oxygen atoms in total. The third-order valence-electron chi connectivity index (χ3n) is 5.27. The van der Waals surface area contributed by atoms with E-state index in [0.717, 1.165) is 5.56 Å². The lowest BCUT2D eigenvalue weighted by atomic mass is 9.95. The van der Waals surface area contributed by atoms with Crippen molar-refractivity contribution in [3.05, 3.63) is 53.9 Å².